The Balaban J connectivity index is 1.47. The van der Waals surface area contributed by atoms with Crippen molar-refractivity contribution in [2.24, 2.45) is 0 Å². The number of ketones is 1. The number of hydrogen-bond donors (Lipinski definition) is 1. The van der Waals surface area contributed by atoms with Crippen LogP contribution < -0.4 is 0 Å². The summed E-state index contributed by atoms with van der Waals surface area (Å²) in [5.74, 6) is 1.08. The molecule has 0 fully saturated rings. The summed E-state index contributed by atoms with van der Waals surface area (Å²) in [6.45, 7) is 0. The monoisotopic (exact) mass is 375 g/mol. The van der Waals surface area contributed by atoms with Gasteiger partial charge in [0.2, 0.25) is 5.16 Å². The molecule has 3 rings (SSSR count). The third-order valence-electron chi connectivity index (χ3n) is 3.53. The molecule has 0 bridgehead atoms. The lowest BCUT2D eigenvalue weighted by molar-refractivity contribution is 0.0982. The lowest BCUT2D eigenvalue weighted by Gasteiger charge is -2.00. The van der Waals surface area contributed by atoms with Crippen molar-refractivity contribution in [1.29, 1.82) is 0 Å². The standard InChI is InChI=1S/C18H15ClFN3OS/c19-14-7-3-13(4-8-14)17-21-18(23-22-17)25-11-1-2-16(24)12-5-9-15(20)10-6-12/h3-10H,1-2,11H2,(H,21,22,23). The first-order valence-electron chi connectivity index (χ1n) is 7.72. The van der Waals surface area contributed by atoms with Crippen LogP contribution >= 0.6 is 23.4 Å². The Morgan fingerprint density at radius 3 is 2.56 bits per heavy atom. The smallest absolute Gasteiger partial charge is 0.208 e. The summed E-state index contributed by atoms with van der Waals surface area (Å²) >= 11 is 7.36. The van der Waals surface area contributed by atoms with Gasteiger partial charge in [0.1, 0.15) is 5.82 Å². The Morgan fingerprint density at radius 2 is 1.84 bits per heavy atom. The average Bonchev–Trinajstić information content (AvgIpc) is 3.09. The minimum absolute atomic E-state index is 0.0115. The molecular weight excluding hydrogens is 361 g/mol. The van der Waals surface area contributed by atoms with E-state index in [2.05, 4.69) is 15.2 Å². The van der Waals surface area contributed by atoms with E-state index in [1.165, 1.54) is 36.0 Å². The molecule has 4 nitrogen and oxygen atoms in total. The number of nitrogens with one attached hydrogen (secondary N) is 1. The quantitative estimate of drug-likeness (QED) is 0.358. The van der Waals surface area contributed by atoms with Crippen molar-refractivity contribution in [3.63, 3.8) is 0 Å². The van der Waals surface area contributed by atoms with Crippen molar-refractivity contribution >= 4 is 29.1 Å². The van der Waals surface area contributed by atoms with Crippen molar-refractivity contribution in [1.82, 2.24) is 15.2 Å². The lowest BCUT2D eigenvalue weighted by Crippen LogP contribution is -1.99. The van der Waals surface area contributed by atoms with Crippen LogP contribution in [0.25, 0.3) is 11.4 Å². The molecule has 3 aromatic rings. The maximum atomic E-state index is 12.9. The van der Waals surface area contributed by atoms with E-state index >= 15 is 0 Å². The number of carbonyl (C=O) groups is 1. The molecule has 25 heavy (non-hydrogen) atoms. The van der Waals surface area contributed by atoms with E-state index in [1.54, 1.807) is 12.1 Å². The van der Waals surface area contributed by atoms with Crippen LogP contribution in [0.4, 0.5) is 4.39 Å². The minimum Gasteiger partial charge on any atom is -0.294 e. The molecule has 7 heteroatoms. The van der Waals surface area contributed by atoms with Crippen LogP contribution in [0, 0.1) is 5.82 Å². The van der Waals surface area contributed by atoms with Gasteiger partial charge in [-0.25, -0.2) is 9.37 Å². The van der Waals surface area contributed by atoms with E-state index < -0.39 is 0 Å². The molecule has 0 spiro atoms. The second-order valence-corrected chi connectivity index (χ2v) is 6.85. The molecule has 0 aliphatic rings. The predicted molar refractivity (Wildman–Crippen MR) is 97.5 cm³/mol. The van der Waals surface area contributed by atoms with E-state index in [9.17, 15) is 9.18 Å². The average molecular weight is 376 g/mol. The number of benzene rings is 2. The van der Waals surface area contributed by atoms with Gasteiger partial charge in [-0.15, -0.1) is 5.10 Å². The molecule has 2 aromatic carbocycles. The highest BCUT2D eigenvalue weighted by Gasteiger charge is 2.08. The summed E-state index contributed by atoms with van der Waals surface area (Å²) in [5.41, 5.74) is 1.45. The zero-order chi connectivity index (χ0) is 17.6. The molecule has 1 heterocycles. The number of nitrogens with zero attached hydrogens (tertiary/aromatic N) is 2. The van der Waals surface area contributed by atoms with Crippen molar-refractivity contribution in [2.75, 3.05) is 5.75 Å². The van der Waals surface area contributed by atoms with Crippen molar-refractivity contribution < 1.29 is 9.18 Å². The maximum absolute atomic E-state index is 12.9. The number of aromatic nitrogens is 3. The van der Waals surface area contributed by atoms with Crippen LogP contribution in [0.3, 0.4) is 0 Å². The first-order chi connectivity index (χ1) is 12.1. The molecular formula is C18H15ClFN3OS. The predicted octanol–water partition coefficient (Wildman–Crippen LogP) is 5.02. The third-order valence-corrected chi connectivity index (χ3v) is 4.71. The highest BCUT2D eigenvalue weighted by molar-refractivity contribution is 7.99. The normalized spacial score (nSPS) is 10.8. The second-order valence-electron chi connectivity index (χ2n) is 5.36. The number of thioether (sulfide) groups is 1. The highest BCUT2D eigenvalue weighted by atomic mass is 35.5. The Bertz CT molecular complexity index is 850. The third kappa shape index (κ3) is 4.90. The fourth-order valence-electron chi connectivity index (χ4n) is 2.22. The Kier molecular flexibility index (Phi) is 5.83. The number of carbonyl (C=O) groups excluding carboxylic acids is 1. The molecule has 0 saturated carbocycles. The fraction of sp³-hybridized carbons (Fsp3) is 0.167. The van der Waals surface area contributed by atoms with E-state index in [4.69, 9.17) is 11.6 Å². The summed E-state index contributed by atoms with van der Waals surface area (Å²) in [5, 5.41) is 8.37. The lowest BCUT2D eigenvalue weighted by atomic mass is 10.1. The fourth-order valence-corrected chi connectivity index (χ4v) is 3.09. The largest absolute Gasteiger partial charge is 0.294 e. The molecule has 1 N–H and O–H groups in total. The van der Waals surface area contributed by atoms with E-state index in [0.29, 0.717) is 34.4 Å². The molecule has 0 aliphatic heterocycles. The molecule has 128 valence electrons. The molecule has 1 aromatic heterocycles. The van der Waals surface area contributed by atoms with E-state index in [-0.39, 0.29) is 11.6 Å². The Hall–Kier alpha value is -2.18. The zero-order valence-corrected chi connectivity index (χ0v) is 14.8. The van der Waals surface area contributed by atoms with Crippen molar-refractivity contribution in [3.05, 3.63) is 64.9 Å². The molecule has 0 unspecified atom stereocenters. The first kappa shape index (κ1) is 17.6. The van der Waals surface area contributed by atoms with Crippen LogP contribution in [-0.4, -0.2) is 26.7 Å². The maximum Gasteiger partial charge on any atom is 0.208 e. The summed E-state index contributed by atoms with van der Waals surface area (Å²) in [6, 6.07) is 13.0. The van der Waals surface area contributed by atoms with Crippen molar-refractivity contribution in [2.45, 2.75) is 18.0 Å². The Labute approximate surface area is 153 Å². The molecule has 0 amide bonds. The van der Waals surface area contributed by atoms with Gasteiger partial charge in [0.05, 0.1) is 0 Å². The van der Waals surface area contributed by atoms with Gasteiger partial charge < -0.3 is 0 Å². The van der Waals surface area contributed by atoms with Gasteiger partial charge in [0.15, 0.2) is 11.6 Å². The van der Waals surface area contributed by atoms with Crippen LogP contribution in [-0.2, 0) is 0 Å². The molecule has 0 aliphatic carbocycles. The molecule has 0 radical (unpaired) electrons. The summed E-state index contributed by atoms with van der Waals surface area (Å²) in [6.07, 6.45) is 1.11. The van der Waals surface area contributed by atoms with Gasteiger partial charge >= 0.3 is 0 Å². The van der Waals surface area contributed by atoms with Crippen LogP contribution in [0.15, 0.2) is 53.7 Å². The summed E-state index contributed by atoms with van der Waals surface area (Å²) in [4.78, 5) is 16.4. The number of Topliss-reactive ketones (excluding diaryl/α,β-unsaturated/α-hetero) is 1. The van der Waals surface area contributed by atoms with Gasteiger partial charge in [-0.2, -0.15) is 0 Å². The molecule has 0 atom stereocenters. The first-order valence-corrected chi connectivity index (χ1v) is 9.08. The van der Waals surface area contributed by atoms with Crippen LogP contribution in [0.5, 0.6) is 0 Å². The van der Waals surface area contributed by atoms with Gasteiger partial charge in [-0.1, -0.05) is 23.4 Å². The van der Waals surface area contributed by atoms with E-state index in [0.717, 1.165) is 11.3 Å². The Morgan fingerprint density at radius 1 is 1.12 bits per heavy atom. The number of rotatable bonds is 7. The van der Waals surface area contributed by atoms with Gasteiger partial charge in [-0.05, 0) is 55.0 Å². The van der Waals surface area contributed by atoms with Crippen molar-refractivity contribution in [3.8, 4) is 11.4 Å². The SMILES string of the molecule is O=C(CCCSc1n[nH]c(-c2ccc(Cl)cc2)n1)c1ccc(F)cc1. The van der Waals surface area contributed by atoms with Gasteiger partial charge in [0.25, 0.3) is 0 Å². The van der Waals surface area contributed by atoms with Gasteiger partial charge in [0, 0.05) is 28.3 Å². The number of H-pyrrole nitrogens is 1. The number of hydrogen-bond acceptors (Lipinski definition) is 4. The van der Waals surface area contributed by atoms with Gasteiger partial charge in [-0.3, -0.25) is 9.89 Å². The topological polar surface area (TPSA) is 58.6 Å². The summed E-state index contributed by atoms with van der Waals surface area (Å²) in [7, 11) is 0. The zero-order valence-electron chi connectivity index (χ0n) is 13.2. The van der Waals surface area contributed by atoms with Crippen LogP contribution in [0.2, 0.25) is 5.02 Å². The summed E-state index contributed by atoms with van der Waals surface area (Å²) < 4.78 is 12.9. The van der Waals surface area contributed by atoms with E-state index in [1.807, 2.05) is 12.1 Å². The second kappa shape index (κ2) is 8.27. The number of aromatic amines is 1. The number of halogens is 2. The van der Waals surface area contributed by atoms with Crippen LogP contribution in [0.1, 0.15) is 23.2 Å². The minimum atomic E-state index is -0.340. The molecule has 0 saturated heterocycles. The highest BCUT2D eigenvalue weighted by Crippen LogP contribution is 2.21.